The lowest BCUT2D eigenvalue weighted by Crippen LogP contribution is -2.49. The zero-order valence-electron chi connectivity index (χ0n) is 10.5. The van der Waals surface area contributed by atoms with Crippen molar-refractivity contribution >= 4 is 18.3 Å². The van der Waals surface area contributed by atoms with Gasteiger partial charge < -0.3 is 15.0 Å². The molecule has 0 unspecified atom stereocenters. The quantitative estimate of drug-likeness (QED) is 0.809. The number of nitrogens with zero attached hydrogens (tertiary/aromatic N) is 1. The summed E-state index contributed by atoms with van der Waals surface area (Å²) in [6.45, 7) is 3.53. The van der Waals surface area contributed by atoms with Crippen LogP contribution >= 0.6 is 12.4 Å². The van der Waals surface area contributed by atoms with Crippen LogP contribution in [-0.2, 0) is 9.53 Å². The normalized spacial score (nSPS) is 26.1. The van der Waals surface area contributed by atoms with E-state index in [1.807, 2.05) is 11.9 Å². The van der Waals surface area contributed by atoms with Gasteiger partial charge in [0, 0.05) is 38.8 Å². The molecule has 1 N–H and O–H groups in total. The molecule has 0 radical (unpaired) electrons. The molecule has 0 aromatic heterocycles. The smallest absolute Gasteiger partial charge is 0.225 e. The van der Waals surface area contributed by atoms with Gasteiger partial charge >= 0.3 is 0 Å². The fourth-order valence-electron chi connectivity index (χ4n) is 2.58. The molecule has 17 heavy (non-hydrogen) atoms. The van der Waals surface area contributed by atoms with Gasteiger partial charge in [0.2, 0.25) is 5.91 Å². The molecule has 2 aliphatic heterocycles. The van der Waals surface area contributed by atoms with Crippen molar-refractivity contribution in [2.45, 2.75) is 31.7 Å². The van der Waals surface area contributed by atoms with Crippen molar-refractivity contribution < 1.29 is 9.53 Å². The number of carbonyl (C=O) groups is 1. The summed E-state index contributed by atoms with van der Waals surface area (Å²) in [6, 6.07) is 0.393. The molecule has 0 spiro atoms. The maximum atomic E-state index is 12.2. The monoisotopic (exact) mass is 262 g/mol. The number of rotatable bonds is 2. The summed E-state index contributed by atoms with van der Waals surface area (Å²) >= 11 is 0. The highest BCUT2D eigenvalue weighted by Gasteiger charge is 2.28. The van der Waals surface area contributed by atoms with Crippen molar-refractivity contribution in [2.24, 2.45) is 5.92 Å². The predicted molar refractivity (Wildman–Crippen MR) is 69.5 cm³/mol. The molecule has 0 aliphatic carbocycles. The first-order valence-corrected chi connectivity index (χ1v) is 6.34. The molecule has 100 valence electrons. The second kappa shape index (κ2) is 7.19. The van der Waals surface area contributed by atoms with Crippen LogP contribution in [0.15, 0.2) is 0 Å². The Morgan fingerprint density at radius 2 is 2.00 bits per heavy atom. The standard InChI is InChI=1S/C12H22N2O2.ClH/c1-14(11-3-2-6-13-9-11)12(15)10-4-7-16-8-5-10;/h10-11,13H,2-9H2,1H3;1H/t11-;/m0./s1. The summed E-state index contributed by atoms with van der Waals surface area (Å²) in [4.78, 5) is 14.2. The Labute approximate surface area is 109 Å². The van der Waals surface area contributed by atoms with E-state index in [4.69, 9.17) is 4.74 Å². The molecular weight excluding hydrogens is 240 g/mol. The van der Waals surface area contributed by atoms with Gasteiger partial charge in [-0.25, -0.2) is 0 Å². The first-order chi connectivity index (χ1) is 7.79. The maximum absolute atomic E-state index is 12.2. The van der Waals surface area contributed by atoms with Gasteiger partial charge in [0.05, 0.1) is 0 Å². The number of halogens is 1. The van der Waals surface area contributed by atoms with Crippen molar-refractivity contribution in [3.05, 3.63) is 0 Å². The van der Waals surface area contributed by atoms with Crippen LogP contribution in [0.4, 0.5) is 0 Å². The lowest BCUT2D eigenvalue weighted by molar-refractivity contribution is -0.139. The summed E-state index contributed by atoms with van der Waals surface area (Å²) in [5.41, 5.74) is 0. The molecule has 0 bridgehead atoms. The van der Waals surface area contributed by atoms with E-state index < -0.39 is 0 Å². The zero-order valence-corrected chi connectivity index (χ0v) is 11.3. The number of carbonyl (C=O) groups excluding carboxylic acids is 1. The highest BCUT2D eigenvalue weighted by molar-refractivity contribution is 5.85. The Bertz CT molecular complexity index is 239. The number of ether oxygens (including phenoxy) is 1. The van der Waals surface area contributed by atoms with E-state index in [-0.39, 0.29) is 18.3 Å². The van der Waals surface area contributed by atoms with Crippen molar-refractivity contribution in [2.75, 3.05) is 33.4 Å². The van der Waals surface area contributed by atoms with E-state index in [9.17, 15) is 4.79 Å². The molecule has 0 aromatic rings. The number of hydrogen-bond acceptors (Lipinski definition) is 3. The van der Waals surface area contributed by atoms with E-state index in [0.29, 0.717) is 11.9 Å². The Hall–Kier alpha value is -0.320. The Kier molecular flexibility index (Phi) is 6.23. The van der Waals surface area contributed by atoms with Gasteiger partial charge in [0.15, 0.2) is 0 Å². The zero-order chi connectivity index (χ0) is 11.4. The SMILES string of the molecule is CN(C(=O)C1CCOCC1)[C@H]1CCCNC1.Cl. The van der Waals surface area contributed by atoms with Crippen molar-refractivity contribution in [3.63, 3.8) is 0 Å². The highest BCUT2D eigenvalue weighted by atomic mass is 35.5. The highest BCUT2D eigenvalue weighted by Crippen LogP contribution is 2.19. The minimum atomic E-state index is 0. The third kappa shape index (κ3) is 3.83. The Morgan fingerprint density at radius 3 is 2.59 bits per heavy atom. The number of hydrogen-bond donors (Lipinski definition) is 1. The third-order valence-electron chi connectivity index (χ3n) is 3.74. The Morgan fingerprint density at radius 1 is 1.29 bits per heavy atom. The second-order valence-corrected chi connectivity index (χ2v) is 4.84. The van der Waals surface area contributed by atoms with E-state index in [1.54, 1.807) is 0 Å². The average Bonchev–Trinajstić information content (AvgIpc) is 2.39. The first kappa shape index (κ1) is 14.7. The van der Waals surface area contributed by atoms with Gasteiger partial charge in [-0.05, 0) is 32.2 Å². The van der Waals surface area contributed by atoms with E-state index in [1.165, 1.54) is 6.42 Å². The maximum Gasteiger partial charge on any atom is 0.225 e. The molecule has 0 saturated carbocycles. The van der Waals surface area contributed by atoms with Crippen molar-refractivity contribution in [1.29, 1.82) is 0 Å². The van der Waals surface area contributed by atoms with Crippen LogP contribution < -0.4 is 5.32 Å². The summed E-state index contributed by atoms with van der Waals surface area (Å²) in [6.07, 6.45) is 4.10. The third-order valence-corrected chi connectivity index (χ3v) is 3.74. The lowest BCUT2D eigenvalue weighted by Gasteiger charge is -2.35. The average molecular weight is 263 g/mol. The molecule has 2 aliphatic rings. The molecule has 2 rings (SSSR count). The topological polar surface area (TPSA) is 41.6 Å². The Balaban J connectivity index is 0.00000144. The fraction of sp³-hybridized carbons (Fsp3) is 0.917. The molecule has 5 heteroatoms. The van der Waals surface area contributed by atoms with E-state index >= 15 is 0 Å². The van der Waals surface area contributed by atoms with Crippen LogP contribution in [0.5, 0.6) is 0 Å². The molecule has 1 atom stereocenters. The number of piperidine rings is 1. The fourth-order valence-corrected chi connectivity index (χ4v) is 2.58. The summed E-state index contributed by atoms with van der Waals surface area (Å²) in [5, 5.41) is 3.35. The minimum Gasteiger partial charge on any atom is -0.381 e. The second-order valence-electron chi connectivity index (χ2n) is 4.84. The molecule has 0 aromatic carbocycles. The predicted octanol–water partition coefficient (Wildman–Crippen LogP) is 1.05. The minimum absolute atomic E-state index is 0. The van der Waals surface area contributed by atoms with Gasteiger partial charge in [-0.1, -0.05) is 0 Å². The van der Waals surface area contributed by atoms with Gasteiger partial charge in [-0.15, -0.1) is 12.4 Å². The summed E-state index contributed by atoms with van der Waals surface area (Å²) in [5.74, 6) is 0.512. The number of amides is 1. The molecule has 1 amide bonds. The van der Waals surface area contributed by atoms with Crippen LogP contribution in [0, 0.1) is 5.92 Å². The molecule has 2 fully saturated rings. The summed E-state index contributed by atoms with van der Waals surface area (Å²) < 4.78 is 5.29. The van der Waals surface area contributed by atoms with Crippen LogP contribution in [0.25, 0.3) is 0 Å². The van der Waals surface area contributed by atoms with Gasteiger partial charge in [0.1, 0.15) is 0 Å². The number of nitrogens with one attached hydrogen (secondary N) is 1. The van der Waals surface area contributed by atoms with Crippen LogP contribution in [-0.4, -0.2) is 50.2 Å². The van der Waals surface area contributed by atoms with Crippen LogP contribution in [0.1, 0.15) is 25.7 Å². The lowest BCUT2D eigenvalue weighted by atomic mass is 9.97. The van der Waals surface area contributed by atoms with Crippen LogP contribution in [0.3, 0.4) is 0 Å². The van der Waals surface area contributed by atoms with Crippen molar-refractivity contribution in [1.82, 2.24) is 10.2 Å². The number of likely N-dealkylation sites (N-methyl/N-ethyl adjacent to an activating group) is 1. The van der Waals surface area contributed by atoms with Gasteiger partial charge in [0.25, 0.3) is 0 Å². The summed E-state index contributed by atoms with van der Waals surface area (Å²) in [7, 11) is 1.95. The largest absolute Gasteiger partial charge is 0.381 e. The molecular formula is C12H23ClN2O2. The van der Waals surface area contributed by atoms with Crippen molar-refractivity contribution in [3.8, 4) is 0 Å². The molecule has 2 heterocycles. The first-order valence-electron chi connectivity index (χ1n) is 6.34. The van der Waals surface area contributed by atoms with E-state index in [0.717, 1.165) is 45.6 Å². The molecule has 2 saturated heterocycles. The molecule has 4 nitrogen and oxygen atoms in total. The van der Waals surface area contributed by atoms with Gasteiger partial charge in [-0.3, -0.25) is 4.79 Å². The van der Waals surface area contributed by atoms with Crippen LogP contribution in [0.2, 0.25) is 0 Å². The van der Waals surface area contributed by atoms with E-state index in [2.05, 4.69) is 5.32 Å². The van der Waals surface area contributed by atoms with Gasteiger partial charge in [-0.2, -0.15) is 0 Å².